The fourth-order valence-electron chi connectivity index (χ4n) is 7.13. The van der Waals surface area contributed by atoms with Gasteiger partial charge in [0.25, 0.3) is 0 Å². The second kappa shape index (κ2) is 7.72. The Morgan fingerprint density at radius 2 is 1.71 bits per heavy atom. The van der Waals surface area contributed by atoms with Crippen molar-refractivity contribution in [2.75, 3.05) is 12.0 Å². The van der Waals surface area contributed by atoms with Crippen molar-refractivity contribution in [2.45, 2.75) is 22.6 Å². The van der Waals surface area contributed by atoms with Gasteiger partial charge in [0, 0.05) is 26.6 Å². The molecule has 0 radical (unpaired) electrons. The SMILES string of the molecule is COc1ccccc1[C@H]1c2sc(=O)[nH]c2SC2C3CC(C4C(=O)N(c5ccc(Cl)cc5)C(=O)C34)C21. The van der Waals surface area contributed by atoms with Gasteiger partial charge in [0.15, 0.2) is 0 Å². The van der Waals surface area contributed by atoms with Crippen LogP contribution in [0.25, 0.3) is 0 Å². The lowest BCUT2D eigenvalue weighted by Gasteiger charge is -2.43. The Balaban J connectivity index is 1.34. The number of carbonyl (C=O) groups excluding carboxylic acids is 2. The number of rotatable bonds is 3. The summed E-state index contributed by atoms with van der Waals surface area (Å²) >= 11 is 8.98. The first-order valence-corrected chi connectivity index (χ1v) is 13.7. The number of thioether (sulfide) groups is 1. The number of anilines is 1. The number of imide groups is 1. The van der Waals surface area contributed by atoms with Crippen molar-refractivity contribution < 1.29 is 14.3 Å². The molecule has 178 valence electrons. The molecule has 2 bridgehead atoms. The predicted molar refractivity (Wildman–Crippen MR) is 135 cm³/mol. The molecule has 2 amide bonds. The van der Waals surface area contributed by atoms with Gasteiger partial charge >= 0.3 is 4.87 Å². The Morgan fingerprint density at radius 1 is 1.00 bits per heavy atom. The lowest BCUT2D eigenvalue weighted by molar-refractivity contribution is -0.123. The van der Waals surface area contributed by atoms with Crippen LogP contribution in [0.2, 0.25) is 5.02 Å². The molecular formula is C26H21ClN2O4S2. The van der Waals surface area contributed by atoms with E-state index < -0.39 is 0 Å². The van der Waals surface area contributed by atoms with Gasteiger partial charge in [-0.15, -0.1) is 11.8 Å². The van der Waals surface area contributed by atoms with E-state index in [2.05, 4.69) is 11.1 Å². The molecule has 2 aromatic carbocycles. The Labute approximate surface area is 214 Å². The van der Waals surface area contributed by atoms with Crippen LogP contribution in [0.1, 0.15) is 22.8 Å². The van der Waals surface area contributed by atoms with Gasteiger partial charge in [-0.2, -0.15) is 0 Å². The monoisotopic (exact) mass is 524 g/mol. The lowest BCUT2D eigenvalue weighted by Crippen LogP contribution is -2.42. The zero-order valence-electron chi connectivity index (χ0n) is 18.6. The minimum atomic E-state index is -0.334. The van der Waals surface area contributed by atoms with Crippen LogP contribution in [0.15, 0.2) is 58.4 Å². The van der Waals surface area contributed by atoms with Crippen molar-refractivity contribution in [2.24, 2.45) is 29.6 Å². The fraction of sp³-hybridized carbons (Fsp3) is 0.346. The van der Waals surface area contributed by atoms with Gasteiger partial charge in [0.1, 0.15) is 5.75 Å². The summed E-state index contributed by atoms with van der Waals surface area (Å²) in [5.41, 5.74) is 1.62. The average Bonchev–Trinajstić information content (AvgIpc) is 3.59. The molecule has 2 aliphatic carbocycles. The molecule has 6 nitrogen and oxygen atoms in total. The number of halogens is 1. The van der Waals surface area contributed by atoms with Crippen molar-refractivity contribution in [3.8, 4) is 5.75 Å². The number of hydrogen-bond acceptors (Lipinski definition) is 6. The first-order chi connectivity index (χ1) is 17.0. The highest BCUT2D eigenvalue weighted by atomic mass is 35.5. The number of para-hydroxylation sites is 1. The number of ether oxygens (including phenoxy) is 1. The van der Waals surface area contributed by atoms with Crippen LogP contribution in [0.3, 0.4) is 0 Å². The summed E-state index contributed by atoms with van der Waals surface area (Å²) < 4.78 is 5.73. The Bertz CT molecular complexity index is 1430. The summed E-state index contributed by atoms with van der Waals surface area (Å²) in [6.07, 6.45) is 0.856. The van der Waals surface area contributed by atoms with Crippen LogP contribution < -0.4 is 14.5 Å². The van der Waals surface area contributed by atoms with Crippen LogP contribution in [0, 0.1) is 29.6 Å². The molecule has 1 saturated heterocycles. The molecular weight excluding hydrogens is 504 g/mol. The van der Waals surface area contributed by atoms with E-state index >= 15 is 0 Å². The number of thiazole rings is 1. The highest BCUT2D eigenvalue weighted by molar-refractivity contribution is 8.00. The molecule has 7 atom stereocenters. The number of aromatic nitrogens is 1. The summed E-state index contributed by atoms with van der Waals surface area (Å²) in [6, 6.07) is 14.8. The summed E-state index contributed by atoms with van der Waals surface area (Å²) in [6.45, 7) is 0. The quantitative estimate of drug-likeness (QED) is 0.499. The molecule has 2 saturated carbocycles. The van der Waals surface area contributed by atoms with Crippen molar-refractivity contribution in [3.05, 3.63) is 73.7 Å². The third kappa shape index (κ3) is 2.93. The number of carbonyl (C=O) groups is 2. The number of H-pyrrole nitrogens is 1. The second-order valence-corrected chi connectivity index (χ2v) is 12.3. The Morgan fingerprint density at radius 3 is 2.46 bits per heavy atom. The molecule has 2 aliphatic heterocycles. The minimum absolute atomic E-state index is 0.0558. The number of methoxy groups -OCH3 is 1. The number of benzene rings is 2. The van der Waals surface area contributed by atoms with Crippen LogP contribution in [0.5, 0.6) is 5.75 Å². The third-order valence-electron chi connectivity index (χ3n) is 8.28. The van der Waals surface area contributed by atoms with E-state index in [1.807, 2.05) is 18.2 Å². The largest absolute Gasteiger partial charge is 0.496 e. The smallest absolute Gasteiger partial charge is 0.305 e. The zero-order chi connectivity index (χ0) is 24.0. The normalized spacial score (nSPS) is 32.5. The van der Waals surface area contributed by atoms with Crippen LogP contribution >= 0.6 is 34.7 Å². The molecule has 1 aromatic heterocycles. The summed E-state index contributed by atoms with van der Waals surface area (Å²) in [7, 11) is 1.66. The van der Waals surface area contributed by atoms with Crippen LogP contribution in [-0.2, 0) is 9.59 Å². The summed E-state index contributed by atoms with van der Waals surface area (Å²) in [5.74, 6) is 0.159. The molecule has 4 aliphatic rings. The molecule has 3 aromatic rings. The van der Waals surface area contributed by atoms with Gasteiger partial charge in [-0.3, -0.25) is 19.3 Å². The van der Waals surface area contributed by atoms with E-state index in [9.17, 15) is 14.4 Å². The van der Waals surface area contributed by atoms with E-state index in [1.54, 1.807) is 43.1 Å². The van der Waals surface area contributed by atoms with E-state index in [0.717, 1.165) is 27.6 Å². The van der Waals surface area contributed by atoms with Crippen molar-refractivity contribution in [3.63, 3.8) is 0 Å². The maximum absolute atomic E-state index is 13.8. The van der Waals surface area contributed by atoms with Gasteiger partial charge in [-0.25, -0.2) is 0 Å². The highest BCUT2D eigenvalue weighted by Crippen LogP contribution is 2.69. The molecule has 6 unspecified atom stereocenters. The molecule has 9 heteroatoms. The van der Waals surface area contributed by atoms with Crippen molar-refractivity contribution >= 4 is 52.2 Å². The second-order valence-electron chi connectivity index (χ2n) is 9.69. The van der Waals surface area contributed by atoms with Gasteiger partial charge in [0.05, 0.1) is 29.7 Å². The van der Waals surface area contributed by atoms with Crippen molar-refractivity contribution in [1.82, 2.24) is 4.98 Å². The highest BCUT2D eigenvalue weighted by Gasteiger charge is 2.69. The van der Waals surface area contributed by atoms with E-state index in [0.29, 0.717) is 10.7 Å². The minimum Gasteiger partial charge on any atom is -0.496 e. The maximum atomic E-state index is 13.8. The Hall–Kier alpha value is -2.55. The van der Waals surface area contributed by atoms with Gasteiger partial charge in [0.2, 0.25) is 11.8 Å². The number of amides is 2. The van der Waals surface area contributed by atoms with E-state index in [1.165, 1.54) is 16.2 Å². The maximum Gasteiger partial charge on any atom is 0.305 e. The van der Waals surface area contributed by atoms with E-state index in [-0.39, 0.29) is 57.4 Å². The number of fused-ring (bicyclic) bond motifs is 9. The van der Waals surface area contributed by atoms with Crippen LogP contribution in [0.4, 0.5) is 5.69 Å². The van der Waals surface area contributed by atoms with Crippen LogP contribution in [-0.4, -0.2) is 29.2 Å². The summed E-state index contributed by atoms with van der Waals surface area (Å²) in [5, 5.41) is 1.61. The molecule has 7 rings (SSSR count). The predicted octanol–water partition coefficient (Wildman–Crippen LogP) is 4.78. The summed E-state index contributed by atoms with van der Waals surface area (Å²) in [4.78, 5) is 45.1. The average molecular weight is 525 g/mol. The number of nitrogens with one attached hydrogen (secondary N) is 1. The van der Waals surface area contributed by atoms with E-state index in [4.69, 9.17) is 16.3 Å². The molecule has 1 N–H and O–H groups in total. The molecule has 0 spiro atoms. The van der Waals surface area contributed by atoms with Gasteiger partial charge < -0.3 is 9.72 Å². The first kappa shape index (κ1) is 21.7. The third-order valence-corrected chi connectivity index (χ3v) is 11.1. The van der Waals surface area contributed by atoms with Gasteiger partial charge in [-0.05, 0) is 54.5 Å². The lowest BCUT2D eigenvalue weighted by atomic mass is 9.68. The molecule has 3 heterocycles. The number of nitrogens with zero attached hydrogens (tertiary/aromatic N) is 1. The number of aromatic amines is 1. The van der Waals surface area contributed by atoms with Crippen molar-refractivity contribution in [1.29, 1.82) is 0 Å². The fourth-order valence-corrected chi connectivity index (χ4v) is 10.1. The number of hydrogen-bond donors (Lipinski definition) is 1. The first-order valence-electron chi connectivity index (χ1n) is 11.6. The van der Waals surface area contributed by atoms with Gasteiger partial charge in [-0.1, -0.05) is 41.1 Å². The molecule has 35 heavy (non-hydrogen) atoms. The zero-order valence-corrected chi connectivity index (χ0v) is 21.0. The topological polar surface area (TPSA) is 79.5 Å². The standard InChI is InChI=1S/C26H21ClN2O4S2/c1-33-16-5-3-2-4-13(16)17-18-14-10-15(21(18)34-23-22(17)35-26(32)28-23)20-19(14)24(30)29(25(20)31)12-8-6-11(27)7-9-12/h2-9,14-15,17-21H,10H2,1H3,(H,28,32)/t14?,15?,17-,18?,19?,20?,21?/m1/s1. The molecule has 3 fully saturated rings. The Kier molecular flexibility index (Phi) is 4.79.